The van der Waals surface area contributed by atoms with Gasteiger partial charge in [-0.3, -0.25) is 4.79 Å². The summed E-state index contributed by atoms with van der Waals surface area (Å²) >= 11 is 0. The maximum atomic E-state index is 12.2. The van der Waals surface area contributed by atoms with E-state index in [1.165, 1.54) is 0 Å². The molecule has 4 heteroatoms. The van der Waals surface area contributed by atoms with E-state index in [9.17, 15) is 4.79 Å². The van der Waals surface area contributed by atoms with E-state index in [4.69, 9.17) is 10.2 Å². The molecule has 0 atom stereocenters. The molecule has 4 nitrogen and oxygen atoms in total. The molecule has 0 fully saturated rings. The fourth-order valence-corrected chi connectivity index (χ4v) is 1.79. The molecule has 2 N–H and O–H groups in total. The van der Waals surface area contributed by atoms with Crippen molar-refractivity contribution >= 4 is 5.91 Å². The molecule has 0 saturated heterocycles. The van der Waals surface area contributed by atoms with Crippen LogP contribution in [0.3, 0.4) is 0 Å². The van der Waals surface area contributed by atoms with Gasteiger partial charge in [-0.2, -0.15) is 0 Å². The molecule has 1 aromatic rings. The minimum atomic E-state index is -0.483. The van der Waals surface area contributed by atoms with E-state index in [2.05, 4.69) is 0 Å². The van der Waals surface area contributed by atoms with Gasteiger partial charge in [0.15, 0.2) is 0 Å². The molecule has 102 valence electrons. The second-order valence-electron chi connectivity index (χ2n) is 5.79. The van der Waals surface area contributed by atoms with Crippen molar-refractivity contribution in [3.05, 3.63) is 23.7 Å². The Morgan fingerprint density at radius 2 is 2.06 bits per heavy atom. The van der Waals surface area contributed by atoms with Gasteiger partial charge in [0.1, 0.15) is 11.5 Å². The highest BCUT2D eigenvalue weighted by molar-refractivity contribution is 5.77. The Morgan fingerprint density at radius 1 is 1.44 bits per heavy atom. The topological polar surface area (TPSA) is 59.5 Å². The third-order valence-electron chi connectivity index (χ3n) is 2.67. The summed E-state index contributed by atoms with van der Waals surface area (Å²) in [6, 6.07) is 3.95. The lowest BCUT2D eigenvalue weighted by molar-refractivity contribution is -0.134. The second-order valence-corrected chi connectivity index (χ2v) is 5.79. The fourth-order valence-electron chi connectivity index (χ4n) is 1.79. The number of aryl methyl sites for hydroxylation is 1. The normalized spacial score (nSPS) is 11.9. The first-order chi connectivity index (χ1) is 8.19. The van der Waals surface area contributed by atoms with Gasteiger partial charge in [-0.25, -0.2) is 0 Å². The number of carbonyl (C=O) groups is 1. The molecular weight excluding hydrogens is 228 g/mol. The lowest BCUT2D eigenvalue weighted by Gasteiger charge is -2.29. The van der Waals surface area contributed by atoms with Crippen LogP contribution in [0.2, 0.25) is 0 Å². The lowest BCUT2D eigenvalue weighted by Crippen LogP contribution is -2.43. The lowest BCUT2D eigenvalue weighted by atomic mass is 10.0. The van der Waals surface area contributed by atoms with Crippen molar-refractivity contribution in [3.8, 4) is 0 Å². The summed E-state index contributed by atoms with van der Waals surface area (Å²) in [5.41, 5.74) is 5.42. The molecule has 0 aliphatic heterocycles. The zero-order chi connectivity index (χ0) is 13.9. The van der Waals surface area contributed by atoms with E-state index < -0.39 is 5.54 Å². The largest absolute Gasteiger partial charge is 0.464 e. The third-order valence-corrected chi connectivity index (χ3v) is 2.67. The standard InChI is InChI=1S/C14H24N2O2/c1-10(2)16(13(17)8-14(4,5)15)9-12-7-6-11(3)18-12/h6-7,10H,8-9,15H2,1-5H3. The first kappa shape index (κ1) is 14.8. The Hall–Kier alpha value is -1.29. The summed E-state index contributed by atoms with van der Waals surface area (Å²) in [4.78, 5) is 14.0. The van der Waals surface area contributed by atoms with E-state index in [0.29, 0.717) is 13.0 Å². The average Bonchev–Trinajstić information content (AvgIpc) is 2.57. The van der Waals surface area contributed by atoms with Crippen molar-refractivity contribution in [2.24, 2.45) is 5.73 Å². The first-order valence-corrected chi connectivity index (χ1v) is 6.33. The molecule has 0 spiro atoms. The van der Waals surface area contributed by atoms with Crippen molar-refractivity contribution in [3.63, 3.8) is 0 Å². The minimum Gasteiger partial charge on any atom is -0.464 e. The van der Waals surface area contributed by atoms with Crippen LogP contribution in [0.25, 0.3) is 0 Å². The molecule has 1 heterocycles. The molecule has 0 saturated carbocycles. The average molecular weight is 252 g/mol. The van der Waals surface area contributed by atoms with E-state index in [1.54, 1.807) is 4.90 Å². The monoisotopic (exact) mass is 252 g/mol. The minimum absolute atomic E-state index is 0.0616. The maximum absolute atomic E-state index is 12.2. The number of furan rings is 1. The van der Waals surface area contributed by atoms with Gasteiger partial charge >= 0.3 is 0 Å². The van der Waals surface area contributed by atoms with Crippen molar-refractivity contribution in [2.45, 2.75) is 59.2 Å². The summed E-state index contributed by atoms with van der Waals surface area (Å²) in [5.74, 6) is 1.73. The van der Waals surface area contributed by atoms with Gasteiger partial charge in [0.25, 0.3) is 0 Å². The van der Waals surface area contributed by atoms with Crippen molar-refractivity contribution in [1.82, 2.24) is 4.90 Å². The van der Waals surface area contributed by atoms with Gasteiger partial charge in [0.05, 0.1) is 6.54 Å². The van der Waals surface area contributed by atoms with Gasteiger partial charge in [-0.1, -0.05) is 0 Å². The molecule has 0 unspecified atom stereocenters. The van der Waals surface area contributed by atoms with E-state index in [1.807, 2.05) is 46.8 Å². The first-order valence-electron chi connectivity index (χ1n) is 6.33. The van der Waals surface area contributed by atoms with Crippen LogP contribution in [0.15, 0.2) is 16.5 Å². The summed E-state index contributed by atoms with van der Waals surface area (Å²) in [6.45, 7) is 10.1. The highest BCUT2D eigenvalue weighted by Crippen LogP contribution is 2.15. The molecule has 0 aliphatic rings. The third kappa shape index (κ3) is 4.53. The van der Waals surface area contributed by atoms with E-state index >= 15 is 0 Å². The molecule has 0 aromatic carbocycles. The fraction of sp³-hybridized carbons (Fsp3) is 0.643. The number of hydrogen-bond donors (Lipinski definition) is 1. The Balaban J connectivity index is 2.74. The van der Waals surface area contributed by atoms with Crippen molar-refractivity contribution < 1.29 is 9.21 Å². The number of carbonyl (C=O) groups excluding carboxylic acids is 1. The molecule has 1 amide bonds. The Morgan fingerprint density at radius 3 is 2.44 bits per heavy atom. The molecule has 1 rings (SSSR count). The van der Waals surface area contributed by atoms with Crippen LogP contribution in [0.5, 0.6) is 0 Å². The van der Waals surface area contributed by atoms with Crippen LogP contribution in [0, 0.1) is 6.92 Å². The van der Waals surface area contributed by atoms with Crippen LogP contribution in [-0.2, 0) is 11.3 Å². The van der Waals surface area contributed by atoms with E-state index in [-0.39, 0.29) is 11.9 Å². The summed E-state index contributed by atoms with van der Waals surface area (Å²) in [5, 5.41) is 0. The number of nitrogens with zero attached hydrogens (tertiary/aromatic N) is 1. The molecule has 18 heavy (non-hydrogen) atoms. The molecule has 0 bridgehead atoms. The SMILES string of the molecule is Cc1ccc(CN(C(=O)CC(C)(C)N)C(C)C)o1. The van der Waals surface area contributed by atoms with E-state index in [0.717, 1.165) is 11.5 Å². The van der Waals surface area contributed by atoms with Crippen LogP contribution in [0.4, 0.5) is 0 Å². The van der Waals surface area contributed by atoms with Crippen LogP contribution in [0.1, 0.15) is 45.6 Å². The number of amides is 1. The van der Waals surface area contributed by atoms with Crippen LogP contribution >= 0.6 is 0 Å². The summed E-state index contributed by atoms with van der Waals surface area (Å²) in [6.07, 6.45) is 0.338. The van der Waals surface area contributed by atoms with Crippen LogP contribution < -0.4 is 5.73 Å². The number of hydrogen-bond acceptors (Lipinski definition) is 3. The van der Waals surface area contributed by atoms with Gasteiger partial charge in [0.2, 0.25) is 5.91 Å². The van der Waals surface area contributed by atoms with Gasteiger partial charge in [-0.15, -0.1) is 0 Å². The highest BCUT2D eigenvalue weighted by Gasteiger charge is 2.24. The Labute approximate surface area is 109 Å². The predicted octanol–water partition coefficient (Wildman–Crippen LogP) is 2.45. The number of rotatable bonds is 5. The molecule has 1 aromatic heterocycles. The Kier molecular flexibility index (Phi) is 4.57. The predicted molar refractivity (Wildman–Crippen MR) is 72.0 cm³/mol. The molecule has 0 radical (unpaired) electrons. The number of nitrogens with two attached hydrogens (primary N) is 1. The van der Waals surface area contributed by atoms with Gasteiger partial charge in [0, 0.05) is 18.0 Å². The summed E-state index contributed by atoms with van der Waals surface area (Å²) in [7, 11) is 0. The quantitative estimate of drug-likeness (QED) is 0.875. The van der Waals surface area contributed by atoms with Gasteiger partial charge < -0.3 is 15.1 Å². The zero-order valence-electron chi connectivity index (χ0n) is 12.0. The highest BCUT2D eigenvalue weighted by atomic mass is 16.3. The second kappa shape index (κ2) is 5.57. The van der Waals surface area contributed by atoms with Crippen molar-refractivity contribution in [1.29, 1.82) is 0 Å². The smallest absolute Gasteiger partial charge is 0.225 e. The molecule has 0 aliphatic carbocycles. The van der Waals surface area contributed by atoms with Crippen molar-refractivity contribution in [2.75, 3.05) is 0 Å². The maximum Gasteiger partial charge on any atom is 0.225 e. The zero-order valence-corrected chi connectivity index (χ0v) is 12.0. The van der Waals surface area contributed by atoms with Crippen LogP contribution in [-0.4, -0.2) is 22.4 Å². The Bertz CT molecular complexity index is 402. The van der Waals surface area contributed by atoms with Gasteiger partial charge in [-0.05, 0) is 46.8 Å². The summed E-state index contributed by atoms with van der Waals surface area (Å²) < 4.78 is 5.52. The molecular formula is C14H24N2O2.